The number of ether oxygens (including phenoxy) is 1. The van der Waals surface area contributed by atoms with Crippen molar-refractivity contribution < 1.29 is 4.74 Å². The van der Waals surface area contributed by atoms with Gasteiger partial charge in [0.1, 0.15) is 11.8 Å². The predicted molar refractivity (Wildman–Crippen MR) is 61.1 cm³/mol. The first-order valence-corrected chi connectivity index (χ1v) is 5.62. The molecular weight excluding hydrogens is 212 g/mol. The van der Waals surface area contributed by atoms with Crippen LogP contribution in [0.25, 0.3) is 0 Å². The maximum absolute atomic E-state index is 5.90. The summed E-state index contributed by atoms with van der Waals surface area (Å²) >= 11 is 5.90. The molecule has 0 N–H and O–H groups in total. The van der Waals surface area contributed by atoms with Crippen molar-refractivity contribution in [3.05, 3.63) is 22.7 Å². The highest BCUT2D eigenvalue weighted by Gasteiger charge is 2.06. The minimum absolute atomic E-state index is 0.357. The Bertz CT molecular complexity index is 315. The number of nitrogens with zero attached hydrogens (tertiary/aromatic N) is 2. The van der Waals surface area contributed by atoms with Crippen molar-refractivity contribution in [1.29, 1.82) is 0 Å². The normalized spacial score (nSPS) is 11.0. The standard InChI is InChI=1S/C11H17ClN2O/c1-4-5-15-7-11-13-9(8(2)3)6-10(12)14-11/h6,8H,4-5,7H2,1-3H3. The van der Waals surface area contributed by atoms with E-state index in [2.05, 4.69) is 30.7 Å². The van der Waals surface area contributed by atoms with Gasteiger partial charge < -0.3 is 4.74 Å². The molecule has 0 aliphatic rings. The van der Waals surface area contributed by atoms with Gasteiger partial charge in [0.15, 0.2) is 5.82 Å². The molecule has 0 radical (unpaired) electrons. The predicted octanol–water partition coefficient (Wildman–Crippen LogP) is 3.18. The Morgan fingerprint density at radius 2 is 2.13 bits per heavy atom. The van der Waals surface area contributed by atoms with E-state index in [1.807, 2.05) is 0 Å². The van der Waals surface area contributed by atoms with Crippen molar-refractivity contribution in [1.82, 2.24) is 9.97 Å². The molecule has 4 heteroatoms. The largest absolute Gasteiger partial charge is 0.373 e. The van der Waals surface area contributed by atoms with Crippen LogP contribution >= 0.6 is 11.6 Å². The first kappa shape index (κ1) is 12.4. The lowest BCUT2D eigenvalue weighted by Gasteiger charge is -2.07. The van der Waals surface area contributed by atoms with Crippen LogP contribution in [0.2, 0.25) is 5.15 Å². The second-order valence-corrected chi connectivity index (χ2v) is 4.13. The molecule has 0 aliphatic carbocycles. The first-order chi connectivity index (χ1) is 7.13. The van der Waals surface area contributed by atoms with Gasteiger partial charge in [-0.2, -0.15) is 0 Å². The van der Waals surface area contributed by atoms with Gasteiger partial charge in [-0.1, -0.05) is 32.4 Å². The SMILES string of the molecule is CCCOCc1nc(Cl)cc(C(C)C)n1. The zero-order chi connectivity index (χ0) is 11.3. The third-order valence-corrected chi connectivity index (χ3v) is 2.13. The lowest BCUT2D eigenvalue weighted by molar-refractivity contribution is 0.116. The fraction of sp³-hybridized carbons (Fsp3) is 0.636. The highest BCUT2D eigenvalue weighted by molar-refractivity contribution is 6.29. The van der Waals surface area contributed by atoms with Crippen LogP contribution in [-0.4, -0.2) is 16.6 Å². The van der Waals surface area contributed by atoms with Crippen LogP contribution in [-0.2, 0) is 11.3 Å². The minimum atomic E-state index is 0.357. The van der Waals surface area contributed by atoms with Crippen LogP contribution in [0.15, 0.2) is 6.07 Å². The number of aromatic nitrogens is 2. The smallest absolute Gasteiger partial charge is 0.155 e. The van der Waals surface area contributed by atoms with Gasteiger partial charge in [0.05, 0.1) is 0 Å². The molecule has 1 aromatic rings. The summed E-state index contributed by atoms with van der Waals surface area (Å²) < 4.78 is 5.37. The Kier molecular flexibility index (Phi) is 4.99. The maximum atomic E-state index is 5.90. The van der Waals surface area contributed by atoms with Gasteiger partial charge in [0.2, 0.25) is 0 Å². The van der Waals surface area contributed by atoms with E-state index in [9.17, 15) is 0 Å². The molecule has 0 unspecified atom stereocenters. The summed E-state index contributed by atoms with van der Waals surface area (Å²) in [6.45, 7) is 7.39. The van der Waals surface area contributed by atoms with Crippen molar-refractivity contribution in [3.8, 4) is 0 Å². The zero-order valence-corrected chi connectivity index (χ0v) is 10.2. The van der Waals surface area contributed by atoms with Gasteiger partial charge in [-0.25, -0.2) is 9.97 Å². The summed E-state index contributed by atoms with van der Waals surface area (Å²) in [5.41, 5.74) is 0.963. The molecule has 0 atom stereocenters. The number of halogens is 1. The highest BCUT2D eigenvalue weighted by Crippen LogP contribution is 2.15. The van der Waals surface area contributed by atoms with E-state index in [4.69, 9.17) is 16.3 Å². The molecule has 0 fully saturated rings. The van der Waals surface area contributed by atoms with Crippen molar-refractivity contribution in [2.75, 3.05) is 6.61 Å². The topological polar surface area (TPSA) is 35.0 Å². The lowest BCUT2D eigenvalue weighted by atomic mass is 10.1. The van der Waals surface area contributed by atoms with Gasteiger partial charge in [-0.3, -0.25) is 0 Å². The van der Waals surface area contributed by atoms with E-state index in [1.54, 1.807) is 6.07 Å². The second kappa shape index (κ2) is 6.03. The van der Waals surface area contributed by atoms with E-state index in [0.717, 1.165) is 18.7 Å². The fourth-order valence-corrected chi connectivity index (χ4v) is 1.36. The van der Waals surface area contributed by atoms with Gasteiger partial charge >= 0.3 is 0 Å². The summed E-state index contributed by atoms with van der Waals surface area (Å²) in [7, 11) is 0. The van der Waals surface area contributed by atoms with Crippen molar-refractivity contribution in [2.45, 2.75) is 39.7 Å². The molecule has 0 bridgehead atoms. The molecule has 1 heterocycles. The van der Waals surface area contributed by atoms with E-state index >= 15 is 0 Å². The third kappa shape index (κ3) is 4.14. The van der Waals surface area contributed by atoms with Crippen LogP contribution in [0, 0.1) is 0 Å². The van der Waals surface area contributed by atoms with Gasteiger partial charge in [-0.05, 0) is 18.4 Å². The highest BCUT2D eigenvalue weighted by atomic mass is 35.5. The summed E-state index contributed by atoms with van der Waals surface area (Å²) in [4.78, 5) is 8.50. The van der Waals surface area contributed by atoms with E-state index in [1.165, 1.54) is 0 Å². The van der Waals surface area contributed by atoms with Crippen molar-refractivity contribution in [3.63, 3.8) is 0 Å². The van der Waals surface area contributed by atoms with Gasteiger partial charge in [-0.15, -0.1) is 0 Å². The van der Waals surface area contributed by atoms with E-state index in [-0.39, 0.29) is 0 Å². The second-order valence-electron chi connectivity index (χ2n) is 3.74. The monoisotopic (exact) mass is 228 g/mol. The summed E-state index contributed by atoms with van der Waals surface area (Å²) in [6, 6.07) is 1.80. The quantitative estimate of drug-likeness (QED) is 0.574. The average molecular weight is 229 g/mol. The third-order valence-electron chi connectivity index (χ3n) is 1.93. The van der Waals surface area contributed by atoms with Crippen molar-refractivity contribution >= 4 is 11.6 Å². The molecule has 1 aromatic heterocycles. The molecule has 0 saturated heterocycles. The van der Waals surface area contributed by atoms with Crippen LogP contribution in [0.4, 0.5) is 0 Å². The van der Waals surface area contributed by atoms with E-state index < -0.39 is 0 Å². The number of hydrogen-bond donors (Lipinski definition) is 0. The Balaban J connectivity index is 2.71. The van der Waals surface area contributed by atoms with Crippen LogP contribution in [0.1, 0.15) is 44.6 Å². The Morgan fingerprint density at radius 3 is 2.73 bits per heavy atom. The van der Waals surface area contributed by atoms with E-state index in [0.29, 0.717) is 23.5 Å². The Morgan fingerprint density at radius 1 is 1.40 bits per heavy atom. The molecular formula is C11H17ClN2O. The molecule has 0 spiro atoms. The van der Waals surface area contributed by atoms with Crippen molar-refractivity contribution in [2.24, 2.45) is 0 Å². The number of rotatable bonds is 5. The maximum Gasteiger partial charge on any atom is 0.155 e. The van der Waals surface area contributed by atoms with Crippen LogP contribution in [0.3, 0.4) is 0 Å². The molecule has 15 heavy (non-hydrogen) atoms. The Labute approximate surface area is 95.8 Å². The molecule has 3 nitrogen and oxygen atoms in total. The molecule has 0 amide bonds. The molecule has 1 rings (SSSR count). The van der Waals surface area contributed by atoms with Gasteiger partial charge in [0, 0.05) is 12.3 Å². The molecule has 0 aliphatic heterocycles. The average Bonchev–Trinajstić information content (AvgIpc) is 2.17. The van der Waals surface area contributed by atoms with Crippen LogP contribution < -0.4 is 0 Å². The zero-order valence-electron chi connectivity index (χ0n) is 9.46. The number of hydrogen-bond acceptors (Lipinski definition) is 3. The summed E-state index contributed by atoms with van der Waals surface area (Å²) in [5.74, 6) is 1.02. The Hall–Kier alpha value is -0.670. The minimum Gasteiger partial charge on any atom is -0.373 e. The first-order valence-electron chi connectivity index (χ1n) is 5.24. The van der Waals surface area contributed by atoms with Gasteiger partial charge in [0.25, 0.3) is 0 Å². The molecule has 0 aromatic carbocycles. The molecule has 84 valence electrons. The fourth-order valence-electron chi connectivity index (χ4n) is 1.15. The lowest BCUT2D eigenvalue weighted by Crippen LogP contribution is -2.04. The molecule has 0 saturated carbocycles. The summed E-state index contributed by atoms with van der Waals surface area (Å²) in [5, 5.41) is 0.490. The van der Waals surface area contributed by atoms with Crippen LogP contribution in [0.5, 0.6) is 0 Å². The summed E-state index contributed by atoms with van der Waals surface area (Å²) in [6.07, 6.45) is 0.998.